The molecule has 144 valence electrons. The summed E-state index contributed by atoms with van der Waals surface area (Å²) in [5, 5.41) is -0.499. The predicted octanol–water partition coefficient (Wildman–Crippen LogP) is 5.43. The van der Waals surface area contributed by atoms with Gasteiger partial charge in [0.05, 0.1) is 10.5 Å². The van der Waals surface area contributed by atoms with Gasteiger partial charge in [-0.05, 0) is 84.9 Å². The molecule has 0 saturated heterocycles. The van der Waals surface area contributed by atoms with E-state index in [0.717, 1.165) is 29.6 Å². The molecule has 0 amide bonds. The van der Waals surface area contributed by atoms with E-state index in [1.807, 2.05) is 0 Å². The first-order valence-electron chi connectivity index (χ1n) is 8.04. The van der Waals surface area contributed by atoms with Crippen LogP contribution in [0.15, 0.2) is 76.6 Å². The van der Waals surface area contributed by atoms with Crippen LogP contribution in [0.3, 0.4) is 0 Å². The molecule has 2 aromatic rings. The van der Waals surface area contributed by atoms with Crippen LogP contribution in [-0.2, 0) is 9.59 Å². The fourth-order valence-corrected chi connectivity index (χ4v) is 3.16. The van der Waals surface area contributed by atoms with Crippen LogP contribution in [-0.4, -0.2) is 16.2 Å². The van der Waals surface area contributed by atoms with Gasteiger partial charge in [-0.25, -0.2) is 9.18 Å². The molecule has 0 aromatic heterocycles. The fourth-order valence-electron chi connectivity index (χ4n) is 1.83. The average Bonchev–Trinajstić information content (AvgIpc) is 2.64. The Balaban J connectivity index is 2.05. The van der Waals surface area contributed by atoms with Crippen LogP contribution in [0.4, 0.5) is 4.39 Å². The lowest BCUT2D eigenvalue weighted by Crippen LogP contribution is -2.08. The lowest BCUT2D eigenvalue weighted by molar-refractivity contribution is -0.108. The van der Waals surface area contributed by atoms with Gasteiger partial charge < -0.3 is 4.74 Å². The van der Waals surface area contributed by atoms with Crippen molar-refractivity contribution in [2.24, 2.45) is 0 Å². The molecule has 0 fully saturated rings. The van der Waals surface area contributed by atoms with Crippen LogP contribution in [0, 0.1) is 5.82 Å². The van der Waals surface area contributed by atoms with Crippen molar-refractivity contribution in [3.8, 4) is 5.75 Å². The highest BCUT2D eigenvalue weighted by Crippen LogP contribution is 2.28. The van der Waals surface area contributed by atoms with Crippen molar-refractivity contribution in [3.05, 3.63) is 78.1 Å². The zero-order chi connectivity index (χ0) is 20.8. The fraction of sp³-hybridized carbons (Fsp3) is 0.0952. The van der Waals surface area contributed by atoms with E-state index in [0.29, 0.717) is 16.0 Å². The van der Waals surface area contributed by atoms with Crippen LogP contribution in [0.5, 0.6) is 5.75 Å². The molecule has 28 heavy (non-hydrogen) atoms. The molecule has 0 heterocycles. The van der Waals surface area contributed by atoms with Gasteiger partial charge in [0.15, 0.2) is 0 Å². The molecule has 0 spiro atoms. The van der Waals surface area contributed by atoms with Crippen molar-refractivity contribution in [2.75, 3.05) is 0 Å². The second-order valence-corrected chi connectivity index (χ2v) is 7.91. The standard InChI is InChI=1S/C21H17FO4S2/c1-12(2)20(24)27-16-8-5-14(6-9-16)19(23)26-15-7-10-18(17(22)11-15)28-21(25)13(3)4/h5-11H,1,3H2,2,4H3. The minimum absolute atomic E-state index is 0.0190. The van der Waals surface area contributed by atoms with Crippen molar-refractivity contribution in [1.82, 2.24) is 0 Å². The molecule has 2 aromatic carbocycles. The smallest absolute Gasteiger partial charge is 0.343 e. The quantitative estimate of drug-likeness (QED) is 0.271. The van der Waals surface area contributed by atoms with E-state index in [1.165, 1.54) is 24.3 Å². The Morgan fingerprint density at radius 1 is 0.893 bits per heavy atom. The van der Waals surface area contributed by atoms with E-state index in [2.05, 4.69) is 13.2 Å². The molecule has 0 unspecified atom stereocenters. The maximum Gasteiger partial charge on any atom is 0.343 e. The third kappa shape index (κ3) is 5.94. The van der Waals surface area contributed by atoms with Gasteiger partial charge >= 0.3 is 5.97 Å². The number of halogens is 1. The Labute approximate surface area is 170 Å². The summed E-state index contributed by atoms with van der Waals surface area (Å²) < 4.78 is 19.3. The highest BCUT2D eigenvalue weighted by Gasteiger charge is 2.14. The molecule has 0 saturated carbocycles. The normalized spacial score (nSPS) is 10.2. The van der Waals surface area contributed by atoms with Crippen LogP contribution in [0.25, 0.3) is 0 Å². The van der Waals surface area contributed by atoms with E-state index >= 15 is 0 Å². The van der Waals surface area contributed by atoms with E-state index in [4.69, 9.17) is 4.74 Å². The molecule has 0 N–H and O–H groups in total. The molecular formula is C21H17FO4S2. The molecule has 0 bridgehead atoms. The number of esters is 1. The SMILES string of the molecule is C=C(C)C(=O)Sc1ccc(C(=O)Oc2ccc(SC(=O)C(=C)C)c(F)c2)cc1. The van der Waals surface area contributed by atoms with Crippen LogP contribution < -0.4 is 4.74 Å². The van der Waals surface area contributed by atoms with Crippen molar-refractivity contribution in [1.29, 1.82) is 0 Å². The van der Waals surface area contributed by atoms with E-state index in [9.17, 15) is 18.8 Å². The second-order valence-electron chi connectivity index (χ2n) is 5.85. The van der Waals surface area contributed by atoms with Crippen LogP contribution in [0.2, 0.25) is 0 Å². The first-order valence-corrected chi connectivity index (χ1v) is 9.68. The van der Waals surface area contributed by atoms with E-state index < -0.39 is 11.8 Å². The monoisotopic (exact) mass is 416 g/mol. The molecule has 7 heteroatoms. The molecule has 0 aliphatic carbocycles. The van der Waals surface area contributed by atoms with Gasteiger partial charge in [0, 0.05) is 11.0 Å². The summed E-state index contributed by atoms with van der Waals surface area (Å²) in [7, 11) is 0. The lowest BCUT2D eigenvalue weighted by atomic mass is 10.2. The number of rotatable bonds is 6. The summed E-state index contributed by atoms with van der Waals surface area (Å²) in [5.41, 5.74) is 0.997. The third-order valence-electron chi connectivity index (χ3n) is 3.31. The predicted molar refractivity (Wildman–Crippen MR) is 109 cm³/mol. The van der Waals surface area contributed by atoms with Gasteiger partial charge in [0.25, 0.3) is 0 Å². The maximum atomic E-state index is 14.1. The summed E-state index contributed by atoms with van der Waals surface area (Å²) in [6.07, 6.45) is 0. The third-order valence-corrected chi connectivity index (χ3v) is 5.44. The van der Waals surface area contributed by atoms with E-state index in [1.54, 1.807) is 26.0 Å². The summed E-state index contributed by atoms with van der Waals surface area (Å²) in [4.78, 5) is 36.3. The first-order chi connectivity index (χ1) is 13.2. The second kappa shape index (κ2) is 9.52. The van der Waals surface area contributed by atoms with Crippen molar-refractivity contribution in [3.63, 3.8) is 0 Å². The van der Waals surface area contributed by atoms with E-state index in [-0.39, 0.29) is 26.4 Å². The van der Waals surface area contributed by atoms with Gasteiger partial charge in [-0.15, -0.1) is 0 Å². The number of ether oxygens (including phenoxy) is 1. The minimum atomic E-state index is -0.671. The number of benzene rings is 2. The largest absolute Gasteiger partial charge is 0.423 e. The van der Waals surface area contributed by atoms with Crippen LogP contribution in [0.1, 0.15) is 24.2 Å². The topological polar surface area (TPSA) is 60.4 Å². The zero-order valence-corrected chi connectivity index (χ0v) is 16.9. The van der Waals surface area contributed by atoms with Gasteiger partial charge in [-0.1, -0.05) is 13.2 Å². The van der Waals surface area contributed by atoms with Crippen molar-refractivity contribution < 1.29 is 23.5 Å². The number of hydrogen-bond acceptors (Lipinski definition) is 6. The van der Waals surface area contributed by atoms with Crippen molar-refractivity contribution >= 4 is 39.7 Å². The molecule has 0 aliphatic heterocycles. The molecule has 0 aliphatic rings. The average molecular weight is 416 g/mol. The summed E-state index contributed by atoms with van der Waals surface area (Å²) in [5.74, 6) is -1.32. The van der Waals surface area contributed by atoms with Gasteiger partial charge in [-0.3, -0.25) is 9.59 Å². The highest BCUT2D eigenvalue weighted by atomic mass is 32.2. The molecule has 4 nitrogen and oxygen atoms in total. The Bertz CT molecular complexity index is 965. The van der Waals surface area contributed by atoms with Gasteiger partial charge in [0.1, 0.15) is 11.6 Å². The van der Waals surface area contributed by atoms with Gasteiger partial charge in [-0.2, -0.15) is 0 Å². The number of carbonyl (C=O) groups is 3. The van der Waals surface area contributed by atoms with Gasteiger partial charge in [0.2, 0.25) is 10.2 Å². The lowest BCUT2D eigenvalue weighted by Gasteiger charge is -2.07. The first kappa shape index (κ1) is 21.7. The summed E-state index contributed by atoms with van der Waals surface area (Å²) in [6.45, 7) is 10.3. The van der Waals surface area contributed by atoms with Crippen LogP contribution >= 0.6 is 23.5 Å². The summed E-state index contributed by atoms with van der Waals surface area (Å²) in [6, 6.07) is 10.1. The zero-order valence-electron chi connectivity index (χ0n) is 15.3. The molecular weight excluding hydrogens is 399 g/mol. The Morgan fingerprint density at radius 3 is 2.00 bits per heavy atom. The number of thioether (sulfide) groups is 2. The highest BCUT2D eigenvalue weighted by molar-refractivity contribution is 8.14. The minimum Gasteiger partial charge on any atom is -0.423 e. The molecule has 0 atom stereocenters. The Morgan fingerprint density at radius 2 is 1.46 bits per heavy atom. The molecule has 2 rings (SSSR count). The molecule has 0 radical (unpaired) electrons. The number of hydrogen-bond donors (Lipinski definition) is 0. The Hall–Kier alpha value is -2.64. The summed E-state index contributed by atoms with van der Waals surface area (Å²) >= 11 is 1.73. The Kier molecular flexibility index (Phi) is 7.37. The van der Waals surface area contributed by atoms with Crippen molar-refractivity contribution in [2.45, 2.75) is 23.6 Å². The number of carbonyl (C=O) groups excluding carboxylic acids is 3. The maximum absolute atomic E-state index is 14.1.